The molecule has 0 unspecified atom stereocenters. The summed E-state index contributed by atoms with van der Waals surface area (Å²) in [7, 11) is 4.91. The van der Waals surface area contributed by atoms with Crippen LogP contribution < -0.4 is 14.2 Å². The summed E-state index contributed by atoms with van der Waals surface area (Å²) in [6, 6.07) is 19.0. The normalized spacial score (nSPS) is 10.6. The van der Waals surface area contributed by atoms with Gasteiger partial charge in [0.15, 0.2) is 11.5 Å². The van der Waals surface area contributed by atoms with Gasteiger partial charge in [0, 0.05) is 0 Å². The summed E-state index contributed by atoms with van der Waals surface area (Å²) in [6.45, 7) is 0. The quantitative estimate of drug-likeness (QED) is 0.661. The van der Waals surface area contributed by atoms with Gasteiger partial charge in [0.25, 0.3) is 0 Å². The molecule has 0 aliphatic rings. The van der Waals surface area contributed by atoms with E-state index in [0.717, 1.165) is 18.4 Å². The lowest BCUT2D eigenvalue weighted by molar-refractivity contribution is 0.324. The molecular weight excluding hydrogens is 300 g/mol. The first-order valence-corrected chi connectivity index (χ1v) is 8.02. The molecule has 0 aromatic heterocycles. The van der Waals surface area contributed by atoms with Gasteiger partial charge >= 0.3 is 0 Å². The molecule has 0 radical (unpaired) electrons. The Labute approximate surface area is 142 Å². The SMILES string of the molecule is COc1cc(CCc2cccc3ccccc23)cc(OC)c1OC. The van der Waals surface area contributed by atoms with Gasteiger partial charge < -0.3 is 14.2 Å². The van der Waals surface area contributed by atoms with Gasteiger partial charge in [0.2, 0.25) is 5.75 Å². The van der Waals surface area contributed by atoms with Gasteiger partial charge in [0.05, 0.1) is 21.3 Å². The van der Waals surface area contributed by atoms with Crippen molar-refractivity contribution >= 4 is 10.8 Å². The van der Waals surface area contributed by atoms with E-state index < -0.39 is 0 Å². The van der Waals surface area contributed by atoms with E-state index >= 15 is 0 Å². The second kappa shape index (κ2) is 7.26. The Kier molecular flexibility index (Phi) is 4.90. The minimum Gasteiger partial charge on any atom is -0.493 e. The van der Waals surface area contributed by atoms with Gasteiger partial charge in [-0.1, -0.05) is 42.5 Å². The summed E-state index contributed by atoms with van der Waals surface area (Å²) in [5, 5.41) is 2.59. The van der Waals surface area contributed by atoms with Crippen molar-refractivity contribution in [2.75, 3.05) is 21.3 Å². The van der Waals surface area contributed by atoms with E-state index in [1.165, 1.54) is 16.3 Å². The van der Waals surface area contributed by atoms with Crippen molar-refractivity contribution in [2.45, 2.75) is 12.8 Å². The van der Waals surface area contributed by atoms with Crippen LogP contribution in [0, 0.1) is 0 Å². The number of methoxy groups -OCH3 is 3. The Morgan fingerprint density at radius 1 is 0.708 bits per heavy atom. The lowest BCUT2D eigenvalue weighted by Gasteiger charge is -2.14. The highest BCUT2D eigenvalue weighted by molar-refractivity contribution is 5.85. The number of hydrogen-bond donors (Lipinski definition) is 0. The molecule has 0 aliphatic heterocycles. The van der Waals surface area contributed by atoms with Crippen molar-refractivity contribution in [3.8, 4) is 17.2 Å². The first-order valence-electron chi connectivity index (χ1n) is 8.02. The molecule has 0 bridgehead atoms. The molecule has 124 valence electrons. The van der Waals surface area contributed by atoms with E-state index in [1.54, 1.807) is 21.3 Å². The first-order chi connectivity index (χ1) is 11.8. The fourth-order valence-electron chi connectivity index (χ4n) is 3.07. The van der Waals surface area contributed by atoms with Crippen LogP contribution in [0.15, 0.2) is 54.6 Å². The highest BCUT2D eigenvalue weighted by Gasteiger charge is 2.13. The molecule has 0 saturated carbocycles. The number of ether oxygens (including phenoxy) is 3. The Morgan fingerprint density at radius 3 is 2.04 bits per heavy atom. The Bertz CT molecular complexity index is 809. The molecule has 0 atom stereocenters. The zero-order valence-corrected chi connectivity index (χ0v) is 14.3. The third-order valence-electron chi connectivity index (χ3n) is 4.29. The molecule has 3 rings (SSSR count). The van der Waals surface area contributed by atoms with E-state index in [-0.39, 0.29) is 0 Å². The predicted molar refractivity (Wildman–Crippen MR) is 97.5 cm³/mol. The lowest BCUT2D eigenvalue weighted by Crippen LogP contribution is -1.98. The van der Waals surface area contributed by atoms with E-state index in [4.69, 9.17) is 14.2 Å². The van der Waals surface area contributed by atoms with E-state index in [1.807, 2.05) is 12.1 Å². The third-order valence-corrected chi connectivity index (χ3v) is 4.29. The molecular formula is C21H22O3. The van der Waals surface area contributed by atoms with Crippen LogP contribution in [0.25, 0.3) is 10.8 Å². The van der Waals surface area contributed by atoms with Gasteiger partial charge in [-0.05, 0) is 46.9 Å². The van der Waals surface area contributed by atoms with E-state index in [0.29, 0.717) is 17.2 Å². The number of benzene rings is 3. The summed E-state index contributed by atoms with van der Waals surface area (Å²) in [4.78, 5) is 0. The number of fused-ring (bicyclic) bond motifs is 1. The second-order valence-electron chi connectivity index (χ2n) is 5.67. The number of hydrogen-bond acceptors (Lipinski definition) is 3. The molecule has 0 heterocycles. The first kappa shape index (κ1) is 16.2. The number of aryl methyl sites for hydroxylation is 2. The van der Waals surface area contributed by atoms with Gasteiger partial charge in [0.1, 0.15) is 0 Å². The standard InChI is InChI=1S/C21H22O3/c1-22-19-13-15(14-20(23-2)21(19)24-3)11-12-17-9-6-8-16-7-4-5-10-18(16)17/h4-10,13-14H,11-12H2,1-3H3. The van der Waals surface area contributed by atoms with Gasteiger partial charge in [-0.2, -0.15) is 0 Å². The molecule has 0 fully saturated rings. The van der Waals surface area contributed by atoms with Crippen molar-refractivity contribution in [3.05, 3.63) is 65.7 Å². The summed E-state index contributed by atoms with van der Waals surface area (Å²) in [5.74, 6) is 2.03. The third kappa shape index (κ3) is 3.16. The van der Waals surface area contributed by atoms with Crippen LogP contribution in [0.3, 0.4) is 0 Å². The fourth-order valence-corrected chi connectivity index (χ4v) is 3.07. The molecule has 3 nitrogen and oxygen atoms in total. The Balaban J connectivity index is 1.88. The summed E-state index contributed by atoms with van der Waals surface area (Å²) >= 11 is 0. The van der Waals surface area contributed by atoms with Crippen molar-refractivity contribution in [2.24, 2.45) is 0 Å². The Morgan fingerprint density at radius 2 is 1.38 bits per heavy atom. The molecule has 3 aromatic rings. The van der Waals surface area contributed by atoms with E-state index in [9.17, 15) is 0 Å². The summed E-state index contributed by atoms with van der Waals surface area (Å²) in [6.07, 6.45) is 1.87. The van der Waals surface area contributed by atoms with Gasteiger partial charge in [-0.25, -0.2) is 0 Å². The molecule has 0 spiro atoms. The Hall–Kier alpha value is -2.68. The van der Waals surface area contributed by atoms with Crippen LogP contribution in [0.2, 0.25) is 0 Å². The fraction of sp³-hybridized carbons (Fsp3) is 0.238. The zero-order chi connectivity index (χ0) is 16.9. The highest BCUT2D eigenvalue weighted by atomic mass is 16.5. The lowest BCUT2D eigenvalue weighted by atomic mass is 9.98. The predicted octanol–water partition coefficient (Wildman–Crippen LogP) is 4.65. The van der Waals surface area contributed by atoms with Crippen LogP contribution in [0.5, 0.6) is 17.2 Å². The van der Waals surface area contributed by atoms with Crippen LogP contribution in [0.4, 0.5) is 0 Å². The molecule has 3 aromatic carbocycles. The molecule has 0 amide bonds. The maximum absolute atomic E-state index is 5.44. The molecule has 0 aliphatic carbocycles. The average molecular weight is 322 g/mol. The maximum atomic E-state index is 5.44. The molecule has 0 saturated heterocycles. The summed E-state index contributed by atoms with van der Waals surface area (Å²) < 4.78 is 16.3. The van der Waals surface area contributed by atoms with E-state index in [2.05, 4.69) is 42.5 Å². The van der Waals surface area contributed by atoms with Gasteiger partial charge in [-0.3, -0.25) is 0 Å². The van der Waals surface area contributed by atoms with Crippen LogP contribution in [-0.4, -0.2) is 21.3 Å². The van der Waals surface area contributed by atoms with Crippen LogP contribution in [-0.2, 0) is 12.8 Å². The second-order valence-corrected chi connectivity index (χ2v) is 5.67. The van der Waals surface area contributed by atoms with Crippen LogP contribution in [0.1, 0.15) is 11.1 Å². The molecule has 3 heteroatoms. The number of rotatable bonds is 6. The minimum absolute atomic E-state index is 0.633. The van der Waals surface area contributed by atoms with Crippen molar-refractivity contribution in [1.82, 2.24) is 0 Å². The average Bonchev–Trinajstić information content (AvgIpc) is 2.65. The topological polar surface area (TPSA) is 27.7 Å². The molecule has 24 heavy (non-hydrogen) atoms. The van der Waals surface area contributed by atoms with Crippen molar-refractivity contribution < 1.29 is 14.2 Å². The highest BCUT2D eigenvalue weighted by Crippen LogP contribution is 2.38. The monoisotopic (exact) mass is 322 g/mol. The largest absolute Gasteiger partial charge is 0.493 e. The summed E-state index contributed by atoms with van der Waals surface area (Å²) in [5.41, 5.74) is 2.51. The van der Waals surface area contributed by atoms with Gasteiger partial charge in [-0.15, -0.1) is 0 Å². The smallest absolute Gasteiger partial charge is 0.203 e. The van der Waals surface area contributed by atoms with Crippen molar-refractivity contribution in [3.63, 3.8) is 0 Å². The zero-order valence-electron chi connectivity index (χ0n) is 14.3. The maximum Gasteiger partial charge on any atom is 0.203 e. The molecule has 0 N–H and O–H groups in total. The van der Waals surface area contributed by atoms with Crippen molar-refractivity contribution in [1.29, 1.82) is 0 Å². The minimum atomic E-state index is 0.633. The van der Waals surface area contributed by atoms with Crippen LogP contribution >= 0.6 is 0 Å².